The summed E-state index contributed by atoms with van der Waals surface area (Å²) >= 11 is 0. The largest absolute Gasteiger partial charge is 0.490 e. The zero-order valence-corrected chi connectivity index (χ0v) is 12.1. The third kappa shape index (κ3) is 2.64. The van der Waals surface area contributed by atoms with Crippen LogP contribution < -0.4 is 10.5 Å². The van der Waals surface area contributed by atoms with Crippen LogP contribution >= 0.6 is 0 Å². The quantitative estimate of drug-likeness (QED) is 0.876. The Hall–Kier alpha value is -1.02. The molecular weight excluding hydrogens is 234 g/mol. The van der Waals surface area contributed by atoms with Gasteiger partial charge in [0, 0.05) is 6.04 Å². The zero-order chi connectivity index (χ0) is 13.4. The van der Waals surface area contributed by atoms with Crippen molar-refractivity contribution in [2.45, 2.75) is 58.1 Å². The van der Waals surface area contributed by atoms with E-state index in [2.05, 4.69) is 32.0 Å². The van der Waals surface area contributed by atoms with Crippen LogP contribution in [0.4, 0.5) is 0 Å². The molecule has 0 spiro atoms. The minimum Gasteiger partial charge on any atom is -0.490 e. The van der Waals surface area contributed by atoms with Gasteiger partial charge in [0.15, 0.2) is 0 Å². The molecule has 2 heteroatoms. The van der Waals surface area contributed by atoms with Crippen molar-refractivity contribution >= 4 is 0 Å². The third-order valence-electron chi connectivity index (χ3n) is 4.70. The number of hydrogen-bond acceptors (Lipinski definition) is 2. The first-order chi connectivity index (χ1) is 9.13. The van der Waals surface area contributed by atoms with Crippen LogP contribution in [0.25, 0.3) is 0 Å². The van der Waals surface area contributed by atoms with Crippen LogP contribution in [-0.2, 0) is 6.42 Å². The number of hydrogen-bond donors (Lipinski definition) is 1. The van der Waals surface area contributed by atoms with Crippen molar-refractivity contribution < 1.29 is 4.74 Å². The lowest BCUT2D eigenvalue weighted by atomic mass is 9.82. The van der Waals surface area contributed by atoms with Crippen molar-refractivity contribution in [2.24, 2.45) is 17.6 Å². The molecule has 2 nitrogen and oxygen atoms in total. The van der Waals surface area contributed by atoms with Gasteiger partial charge in [0.25, 0.3) is 0 Å². The summed E-state index contributed by atoms with van der Waals surface area (Å²) < 4.78 is 6.33. The molecule has 104 valence electrons. The average Bonchev–Trinajstić information content (AvgIpc) is 2.71. The lowest BCUT2D eigenvalue weighted by Gasteiger charge is -2.32. The molecule has 1 saturated carbocycles. The molecule has 2 aliphatic carbocycles. The van der Waals surface area contributed by atoms with Crippen LogP contribution in [0.15, 0.2) is 18.2 Å². The van der Waals surface area contributed by atoms with Crippen molar-refractivity contribution in [3.63, 3.8) is 0 Å². The third-order valence-corrected chi connectivity index (χ3v) is 4.70. The van der Waals surface area contributed by atoms with E-state index in [1.54, 1.807) is 0 Å². The van der Waals surface area contributed by atoms with Crippen molar-refractivity contribution in [1.29, 1.82) is 0 Å². The van der Waals surface area contributed by atoms with Gasteiger partial charge in [0.1, 0.15) is 5.75 Å². The standard InChI is InChI=1S/C17H25NO/c1-11-8-12(2)10-13(9-11)19-17-5-3-4-14-15(17)6-7-16(14)18/h3-5,11-13,16H,6-10,18H2,1-2H3. The Morgan fingerprint density at radius 3 is 2.58 bits per heavy atom. The fourth-order valence-corrected chi connectivity index (χ4v) is 3.91. The Bertz CT molecular complexity index is 447. The molecule has 0 heterocycles. The van der Waals surface area contributed by atoms with E-state index in [1.165, 1.54) is 30.4 Å². The fraction of sp³-hybridized carbons (Fsp3) is 0.647. The highest BCUT2D eigenvalue weighted by molar-refractivity contribution is 5.45. The molecule has 1 aromatic carbocycles. The average molecular weight is 259 g/mol. The van der Waals surface area contributed by atoms with E-state index in [9.17, 15) is 0 Å². The normalized spacial score (nSPS) is 34.1. The summed E-state index contributed by atoms with van der Waals surface area (Å²) in [4.78, 5) is 0. The number of rotatable bonds is 2. The first-order valence-corrected chi connectivity index (χ1v) is 7.67. The van der Waals surface area contributed by atoms with Gasteiger partial charge in [-0.3, -0.25) is 0 Å². The van der Waals surface area contributed by atoms with E-state index in [4.69, 9.17) is 10.5 Å². The molecule has 2 aliphatic rings. The minimum absolute atomic E-state index is 0.211. The van der Waals surface area contributed by atoms with Crippen LogP contribution in [0.2, 0.25) is 0 Å². The Morgan fingerprint density at radius 1 is 1.11 bits per heavy atom. The van der Waals surface area contributed by atoms with Crippen LogP contribution in [-0.4, -0.2) is 6.10 Å². The second-order valence-corrected chi connectivity index (χ2v) is 6.63. The fourth-order valence-electron chi connectivity index (χ4n) is 3.91. The molecule has 3 rings (SSSR count). The monoisotopic (exact) mass is 259 g/mol. The molecule has 3 unspecified atom stereocenters. The maximum Gasteiger partial charge on any atom is 0.123 e. The van der Waals surface area contributed by atoms with Crippen LogP contribution in [0, 0.1) is 11.8 Å². The van der Waals surface area contributed by atoms with E-state index in [0.29, 0.717) is 6.10 Å². The van der Waals surface area contributed by atoms with E-state index in [1.807, 2.05) is 0 Å². The summed E-state index contributed by atoms with van der Waals surface area (Å²) in [5, 5.41) is 0. The van der Waals surface area contributed by atoms with E-state index < -0.39 is 0 Å². The molecule has 1 aromatic rings. The predicted octanol–water partition coefficient (Wildman–Crippen LogP) is 3.84. The van der Waals surface area contributed by atoms with Crippen molar-refractivity contribution in [1.82, 2.24) is 0 Å². The molecule has 0 bridgehead atoms. The lowest BCUT2D eigenvalue weighted by Crippen LogP contribution is -2.28. The highest BCUT2D eigenvalue weighted by atomic mass is 16.5. The van der Waals surface area contributed by atoms with Gasteiger partial charge >= 0.3 is 0 Å². The van der Waals surface area contributed by atoms with Crippen molar-refractivity contribution in [2.75, 3.05) is 0 Å². The van der Waals surface area contributed by atoms with Gasteiger partial charge in [-0.25, -0.2) is 0 Å². The van der Waals surface area contributed by atoms with E-state index >= 15 is 0 Å². The van der Waals surface area contributed by atoms with Crippen LogP contribution in [0.1, 0.15) is 56.7 Å². The summed E-state index contributed by atoms with van der Waals surface area (Å²) in [6.45, 7) is 4.69. The zero-order valence-electron chi connectivity index (χ0n) is 12.1. The molecule has 1 fully saturated rings. The number of ether oxygens (including phenoxy) is 1. The number of nitrogens with two attached hydrogens (primary N) is 1. The van der Waals surface area contributed by atoms with Gasteiger partial charge in [-0.2, -0.15) is 0 Å². The maximum absolute atomic E-state index is 6.33. The van der Waals surface area contributed by atoms with Gasteiger partial charge in [-0.15, -0.1) is 0 Å². The molecule has 0 amide bonds. The summed E-state index contributed by atoms with van der Waals surface area (Å²) in [5.41, 5.74) is 8.80. The molecule has 2 N–H and O–H groups in total. The van der Waals surface area contributed by atoms with Crippen molar-refractivity contribution in [3.8, 4) is 5.75 Å². The van der Waals surface area contributed by atoms with E-state index in [-0.39, 0.29) is 6.04 Å². The smallest absolute Gasteiger partial charge is 0.123 e. The highest BCUT2D eigenvalue weighted by Gasteiger charge is 2.27. The topological polar surface area (TPSA) is 35.2 Å². The lowest BCUT2D eigenvalue weighted by molar-refractivity contribution is 0.100. The van der Waals surface area contributed by atoms with Gasteiger partial charge < -0.3 is 10.5 Å². The summed E-state index contributed by atoms with van der Waals surface area (Å²) in [5.74, 6) is 2.66. The van der Waals surface area contributed by atoms with Crippen LogP contribution in [0.3, 0.4) is 0 Å². The second kappa shape index (κ2) is 5.16. The predicted molar refractivity (Wildman–Crippen MR) is 78.3 cm³/mol. The van der Waals surface area contributed by atoms with Gasteiger partial charge in [0.2, 0.25) is 0 Å². The van der Waals surface area contributed by atoms with Crippen molar-refractivity contribution in [3.05, 3.63) is 29.3 Å². The minimum atomic E-state index is 0.211. The molecule has 19 heavy (non-hydrogen) atoms. The van der Waals surface area contributed by atoms with Gasteiger partial charge in [-0.1, -0.05) is 26.0 Å². The summed E-state index contributed by atoms with van der Waals surface area (Å²) in [6.07, 6.45) is 6.26. The molecule has 0 aliphatic heterocycles. The molecular formula is C17H25NO. The molecule has 3 atom stereocenters. The van der Waals surface area contributed by atoms with Gasteiger partial charge in [-0.05, 0) is 61.1 Å². The summed E-state index contributed by atoms with van der Waals surface area (Å²) in [7, 11) is 0. The SMILES string of the molecule is CC1CC(C)CC(Oc2cccc3c2CCC3N)C1. The second-order valence-electron chi connectivity index (χ2n) is 6.63. The first-order valence-electron chi connectivity index (χ1n) is 7.67. The Kier molecular flexibility index (Phi) is 3.53. The van der Waals surface area contributed by atoms with E-state index in [0.717, 1.165) is 30.4 Å². The number of fused-ring (bicyclic) bond motifs is 1. The Labute approximate surface area is 116 Å². The molecule has 0 aromatic heterocycles. The van der Waals surface area contributed by atoms with Gasteiger partial charge in [0.05, 0.1) is 6.10 Å². The maximum atomic E-state index is 6.33. The molecule has 0 saturated heterocycles. The molecule has 0 radical (unpaired) electrons. The highest BCUT2D eigenvalue weighted by Crippen LogP contribution is 2.38. The summed E-state index contributed by atoms with van der Waals surface area (Å²) in [6, 6.07) is 6.59. The van der Waals surface area contributed by atoms with Crippen LogP contribution in [0.5, 0.6) is 5.75 Å². The first kappa shape index (κ1) is 13.0. The number of benzene rings is 1. The Balaban J connectivity index is 1.77. The Morgan fingerprint density at radius 2 is 1.84 bits per heavy atom.